The summed E-state index contributed by atoms with van der Waals surface area (Å²) in [7, 11) is 0. The highest BCUT2D eigenvalue weighted by atomic mass is 19.4. The molecule has 1 aliphatic heterocycles. The average Bonchev–Trinajstić information content (AvgIpc) is 3.15. The van der Waals surface area contributed by atoms with E-state index < -0.39 is 25.1 Å². The van der Waals surface area contributed by atoms with E-state index in [0.29, 0.717) is 0 Å². The Morgan fingerprint density at radius 1 is 1.33 bits per heavy atom. The van der Waals surface area contributed by atoms with Crippen LogP contribution in [0.3, 0.4) is 0 Å². The average molecular weight is 308 g/mol. The van der Waals surface area contributed by atoms with E-state index in [2.05, 4.69) is 10.1 Å². The number of nitrogens with one attached hydrogen (secondary N) is 1. The molecule has 0 aromatic carbocycles. The lowest BCUT2D eigenvalue weighted by Gasteiger charge is -2.40. The summed E-state index contributed by atoms with van der Waals surface area (Å²) in [6, 6.07) is -1.34. The van der Waals surface area contributed by atoms with Gasteiger partial charge in [0.1, 0.15) is 12.1 Å². The fraction of sp³-hybridized carbons (Fsp3) is 0.846. The summed E-state index contributed by atoms with van der Waals surface area (Å²) >= 11 is 0. The molecule has 1 aliphatic carbocycles. The van der Waals surface area contributed by atoms with Crippen molar-refractivity contribution in [2.24, 2.45) is 11.8 Å². The third-order valence-electron chi connectivity index (χ3n) is 3.78. The monoisotopic (exact) mass is 308 g/mol. The number of ether oxygens (including phenoxy) is 1. The van der Waals surface area contributed by atoms with Crippen LogP contribution >= 0.6 is 0 Å². The minimum absolute atomic E-state index is 0.0490. The number of carbonyl (C=O) groups is 2. The lowest BCUT2D eigenvalue weighted by molar-refractivity contribution is -0.325. The van der Waals surface area contributed by atoms with Crippen molar-refractivity contribution < 1.29 is 27.5 Å². The van der Waals surface area contributed by atoms with Gasteiger partial charge in [0.15, 0.2) is 0 Å². The first kappa shape index (κ1) is 16.1. The zero-order chi connectivity index (χ0) is 15.8. The van der Waals surface area contributed by atoms with E-state index >= 15 is 0 Å². The van der Waals surface area contributed by atoms with Gasteiger partial charge in [0.05, 0.1) is 6.61 Å². The lowest BCUT2D eigenvalue weighted by atomic mass is 9.96. The normalized spacial score (nSPS) is 27.2. The number of hydrogen-bond donors (Lipinski definition) is 1. The minimum atomic E-state index is -4.73. The SMILES string of the molecule is CC(C)C1NC(=O)C(C2CC2)N(CCOC(F)(F)F)C1=O. The number of alkyl halides is 3. The zero-order valence-corrected chi connectivity index (χ0v) is 11.9. The quantitative estimate of drug-likeness (QED) is 0.832. The molecule has 2 atom stereocenters. The van der Waals surface area contributed by atoms with Crippen LogP contribution in [0, 0.1) is 11.8 Å². The Balaban J connectivity index is 2.07. The Hall–Kier alpha value is -1.31. The summed E-state index contributed by atoms with van der Waals surface area (Å²) in [5, 5.41) is 2.68. The summed E-state index contributed by atoms with van der Waals surface area (Å²) in [6.45, 7) is 2.68. The van der Waals surface area contributed by atoms with Gasteiger partial charge in [-0.05, 0) is 24.7 Å². The maximum absolute atomic E-state index is 12.4. The summed E-state index contributed by atoms with van der Waals surface area (Å²) in [4.78, 5) is 25.8. The molecule has 21 heavy (non-hydrogen) atoms. The van der Waals surface area contributed by atoms with Gasteiger partial charge < -0.3 is 10.2 Å². The first-order chi connectivity index (χ1) is 9.70. The minimum Gasteiger partial charge on any atom is -0.342 e. The van der Waals surface area contributed by atoms with Crippen molar-refractivity contribution in [3.8, 4) is 0 Å². The van der Waals surface area contributed by atoms with Crippen LogP contribution in [-0.4, -0.2) is 48.3 Å². The standard InChI is InChI=1S/C13H19F3N2O3/c1-7(2)9-12(20)18(5-6-21-13(14,15)16)10(8-3-4-8)11(19)17-9/h7-10H,3-6H2,1-2H3,(H,17,19). The van der Waals surface area contributed by atoms with Gasteiger partial charge in [0, 0.05) is 6.54 Å². The molecule has 0 aromatic rings. The van der Waals surface area contributed by atoms with Crippen LogP contribution in [0.4, 0.5) is 13.2 Å². The highest BCUT2D eigenvalue weighted by molar-refractivity contribution is 5.97. The third kappa shape index (κ3) is 3.87. The molecule has 2 fully saturated rings. The molecule has 0 bridgehead atoms. The van der Waals surface area contributed by atoms with E-state index in [9.17, 15) is 22.8 Å². The second kappa shape index (κ2) is 5.82. The molecule has 2 aliphatic rings. The first-order valence-corrected chi connectivity index (χ1v) is 7.02. The molecule has 1 saturated heterocycles. The first-order valence-electron chi connectivity index (χ1n) is 7.02. The molecule has 5 nitrogen and oxygen atoms in total. The number of carbonyl (C=O) groups excluding carboxylic acids is 2. The maximum atomic E-state index is 12.4. The van der Waals surface area contributed by atoms with E-state index in [4.69, 9.17) is 0 Å². The van der Waals surface area contributed by atoms with Crippen LogP contribution in [-0.2, 0) is 14.3 Å². The van der Waals surface area contributed by atoms with Crippen molar-refractivity contribution in [3.63, 3.8) is 0 Å². The second-order valence-corrected chi connectivity index (χ2v) is 5.84. The summed E-state index contributed by atoms with van der Waals surface area (Å²) in [5.74, 6) is -0.671. The van der Waals surface area contributed by atoms with Gasteiger partial charge in [-0.25, -0.2) is 0 Å². The molecule has 8 heteroatoms. The Kier molecular flexibility index (Phi) is 4.46. The predicted octanol–water partition coefficient (Wildman–Crippen LogP) is 1.28. The number of piperazine rings is 1. The Morgan fingerprint density at radius 2 is 1.95 bits per heavy atom. The largest absolute Gasteiger partial charge is 0.522 e. The van der Waals surface area contributed by atoms with Gasteiger partial charge >= 0.3 is 6.36 Å². The van der Waals surface area contributed by atoms with Crippen LogP contribution in [0.5, 0.6) is 0 Å². The highest BCUT2D eigenvalue weighted by Crippen LogP contribution is 2.37. The van der Waals surface area contributed by atoms with Gasteiger partial charge in [-0.15, -0.1) is 13.2 Å². The van der Waals surface area contributed by atoms with E-state index in [-0.39, 0.29) is 30.2 Å². The van der Waals surface area contributed by atoms with Crippen molar-refractivity contribution in [1.29, 1.82) is 0 Å². The van der Waals surface area contributed by atoms with Crippen LogP contribution in [0.1, 0.15) is 26.7 Å². The maximum Gasteiger partial charge on any atom is 0.522 e. The van der Waals surface area contributed by atoms with Crippen LogP contribution < -0.4 is 5.32 Å². The Labute approximate surface area is 120 Å². The second-order valence-electron chi connectivity index (χ2n) is 5.84. The number of halogens is 3. The molecule has 0 spiro atoms. The number of nitrogens with zero attached hydrogens (tertiary/aromatic N) is 1. The van der Waals surface area contributed by atoms with E-state index in [1.807, 2.05) is 0 Å². The van der Waals surface area contributed by atoms with Crippen LogP contribution in [0.2, 0.25) is 0 Å². The van der Waals surface area contributed by atoms with Gasteiger partial charge in [-0.1, -0.05) is 13.8 Å². The van der Waals surface area contributed by atoms with E-state index in [1.165, 1.54) is 4.90 Å². The van der Waals surface area contributed by atoms with Crippen molar-refractivity contribution in [3.05, 3.63) is 0 Å². The fourth-order valence-corrected chi connectivity index (χ4v) is 2.60. The van der Waals surface area contributed by atoms with Gasteiger partial charge in [0.2, 0.25) is 11.8 Å². The molecule has 1 heterocycles. The van der Waals surface area contributed by atoms with E-state index in [0.717, 1.165) is 12.8 Å². The highest BCUT2D eigenvalue weighted by Gasteiger charge is 2.48. The third-order valence-corrected chi connectivity index (χ3v) is 3.78. The smallest absolute Gasteiger partial charge is 0.342 e. The van der Waals surface area contributed by atoms with Gasteiger partial charge in [-0.2, -0.15) is 0 Å². The van der Waals surface area contributed by atoms with Crippen molar-refractivity contribution >= 4 is 11.8 Å². The summed E-state index contributed by atoms with van der Waals surface area (Å²) in [5.41, 5.74) is 0. The van der Waals surface area contributed by atoms with Crippen molar-refractivity contribution in [2.75, 3.05) is 13.2 Å². The van der Waals surface area contributed by atoms with Crippen molar-refractivity contribution in [1.82, 2.24) is 10.2 Å². The van der Waals surface area contributed by atoms with E-state index in [1.54, 1.807) is 13.8 Å². The summed E-state index contributed by atoms with van der Waals surface area (Å²) in [6.07, 6.45) is -3.10. The molecule has 0 aromatic heterocycles. The fourth-order valence-electron chi connectivity index (χ4n) is 2.60. The van der Waals surface area contributed by atoms with Gasteiger partial charge in [-0.3, -0.25) is 14.3 Å². The lowest BCUT2D eigenvalue weighted by Crippen LogP contribution is -2.65. The molecule has 2 rings (SSSR count). The molecular formula is C13H19F3N2O3. The summed E-state index contributed by atoms with van der Waals surface area (Å²) < 4.78 is 39.9. The predicted molar refractivity (Wildman–Crippen MR) is 67.0 cm³/mol. The molecule has 2 unspecified atom stereocenters. The Morgan fingerprint density at radius 3 is 2.43 bits per heavy atom. The topological polar surface area (TPSA) is 58.6 Å². The van der Waals surface area contributed by atoms with Crippen molar-refractivity contribution in [2.45, 2.75) is 45.1 Å². The molecule has 2 amide bonds. The molecule has 0 radical (unpaired) electrons. The molecule has 1 N–H and O–H groups in total. The van der Waals surface area contributed by atoms with Gasteiger partial charge in [0.25, 0.3) is 0 Å². The molecule has 1 saturated carbocycles. The Bertz CT molecular complexity index is 421. The number of hydrogen-bond acceptors (Lipinski definition) is 3. The molecule has 120 valence electrons. The zero-order valence-electron chi connectivity index (χ0n) is 11.9. The molecular weight excluding hydrogens is 289 g/mol. The number of amides is 2. The van der Waals surface area contributed by atoms with Crippen LogP contribution in [0.15, 0.2) is 0 Å². The van der Waals surface area contributed by atoms with Crippen LogP contribution in [0.25, 0.3) is 0 Å². The number of rotatable bonds is 5.